The van der Waals surface area contributed by atoms with E-state index in [4.69, 9.17) is 4.74 Å². The number of carbonyl (C=O) groups is 2. The molecule has 0 unspecified atom stereocenters. The Balaban J connectivity index is 1.36. The topological polar surface area (TPSA) is 61.9 Å². The smallest absolute Gasteiger partial charge is 0.294 e. The van der Waals surface area contributed by atoms with E-state index in [0.29, 0.717) is 29.6 Å². The number of benzene rings is 2. The summed E-state index contributed by atoms with van der Waals surface area (Å²) in [6.45, 7) is 1.38. The summed E-state index contributed by atoms with van der Waals surface area (Å²) in [5.74, 6) is -0.535. The molecule has 0 aromatic heterocycles. The number of fused-ring (bicyclic) bond motifs is 1. The Labute approximate surface area is 200 Å². The van der Waals surface area contributed by atoms with Crippen molar-refractivity contribution in [2.75, 3.05) is 31.6 Å². The van der Waals surface area contributed by atoms with Gasteiger partial charge in [0.05, 0.1) is 5.69 Å². The quantitative estimate of drug-likeness (QED) is 0.465. The number of rotatable bonds is 8. The first-order valence-corrected chi connectivity index (χ1v) is 12.0. The van der Waals surface area contributed by atoms with E-state index in [1.54, 1.807) is 36.4 Å². The highest BCUT2D eigenvalue weighted by Gasteiger charge is 2.31. The molecule has 0 bridgehead atoms. The number of nitrogens with one attached hydrogen (secondary N) is 1. The maximum atomic E-state index is 13.6. The number of para-hydroxylation sites is 2. The Hall–Kier alpha value is -3.19. The van der Waals surface area contributed by atoms with Gasteiger partial charge in [-0.2, -0.15) is 0 Å². The molecule has 0 atom stereocenters. The first-order chi connectivity index (χ1) is 16.5. The van der Waals surface area contributed by atoms with Gasteiger partial charge in [-0.1, -0.05) is 43.5 Å². The van der Waals surface area contributed by atoms with Crippen molar-refractivity contribution in [2.24, 2.45) is 0 Å². The van der Waals surface area contributed by atoms with Gasteiger partial charge in [0.25, 0.3) is 5.91 Å². The Kier molecular flexibility index (Phi) is 7.95. The number of amides is 2. The van der Waals surface area contributed by atoms with Crippen molar-refractivity contribution in [1.29, 1.82) is 0 Å². The lowest BCUT2D eigenvalue weighted by atomic mass is 9.94. The van der Waals surface area contributed by atoms with Crippen LogP contribution in [-0.4, -0.2) is 49.4 Å². The summed E-state index contributed by atoms with van der Waals surface area (Å²) < 4.78 is 19.4. The SMILES string of the molecule is CN(CCCNC(=O)CN1C(=O)/C(=C\c2cccc(F)c2)Oc2ccccc21)C1CCCCC1. The number of ether oxygens (including phenoxy) is 1. The van der Waals surface area contributed by atoms with Crippen molar-refractivity contribution in [1.82, 2.24) is 10.2 Å². The van der Waals surface area contributed by atoms with Crippen molar-refractivity contribution in [3.05, 3.63) is 65.7 Å². The summed E-state index contributed by atoms with van der Waals surface area (Å²) >= 11 is 0. The fourth-order valence-electron chi connectivity index (χ4n) is 4.63. The van der Waals surface area contributed by atoms with Gasteiger partial charge in [0.1, 0.15) is 12.4 Å². The van der Waals surface area contributed by atoms with E-state index < -0.39 is 11.7 Å². The highest BCUT2D eigenvalue weighted by atomic mass is 19.1. The molecule has 0 radical (unpaired) electrons. The van der Waals surface area contributed by atoms with Crippen molar-refractivity contribution >= 4 is 23.6 Å². The molecule has 0 saturated heterocycles. The lowest BCUT2D eigenvalue weighted by molar-refractivity contribution is -0.123. The van der Waals surface area contributed by atoms with E-state index in [9.17, 15) is 14.0 Å². The normalized spacial score (nSPS) is 17.6. The van der Waals surface area contributed by atoms with Gasteiger partial charge in [-0.15, -0.1) is 0 Å². The fourth-order valence-corrected chi connectivity index (χ4v) is 4.63. The highest BCUT2D eigenvalue weighted by molar-refractivity contribution is 6.12. The third-order valence-corrected chi connectivity index (χ3v) is 6.49. The molecule has 34 heavy (non-hydrogen) atoms. The van der Waals surface area contributed by atoms with Crippen molar-refractivity contribution < 1.29 is 18.7 Å². The molecule has 2 aliphatic rings. The van der Waals surface area contributed by atoms with Crippen LogP contribution in [-0.2, 0) is 9.59 Å². The molecule has 2 aromatic rings. The van der Waals surface area contributed by atoms with Gasteiger partial charge in [-0.05, 0) is 68.8 Å². The van der Waals surface area contributed by atoms with E-state index in [1.165, 1.54) is 55.2 Å². The van der Waals surface area contributed by atoms with Gasteiger partial charge in [-0.3, -0.25) is 14.5 Å². The minimum Gasteiger partial charge on any atom is -0.449 e. The van der Waals surface area contributed by atoms with Crippen LogP contribution >= 0.6 is 0 Å². The largest absolute Gasteiger partial charge is 0.449 e. The van der Waals surface area contributed by atoms with Crippen molar-refractivity contribution in [3.63, 3.8) is 0 Å². The predicted molar refractivity (Wildman–Crippen MR) is 131 cm³/mol. The Morgan fingerprint density at radius 2 is 1.97 bits per heavy atom. The van der Waals surface area contributed by atoms with Crippen LogP contribution in [0.2, 0.25) is 0 Å². The molecule has 1 N–H and O–H groups in total. The number of nitrogens with zero attached hydrogens (tertiary/aromatic N) is 2. The van der Waals surface area contributed by atoms with Gasteiger partial charge < -0.3 is 15.0 Å². The van der Waals surface area contributed by atoms with E-state index in [2.05, 4.69) is 17.3 Å². The lowest BCUT2D eigenvalue weighted by Crippen LogP contribution is -2.44. The summed E-state index contributed by atoms with van der Waals surface area (Å²) in [6, 6.07) is 13.7. The van der Waals surface area contributed by atoms with Crippen LogP contribution in [0.4, 0.5) is 10.1 Å². The second-order valence-electron chi connectivity index (χ2n) is 9.00. The third kappa shape index (κ3) is 6.03. The van der Waals surface area contributed by atoms with Crippen LogP contribution in [0.5, 0.6) is 5.75 Å². The summed E-state index contributed by atoms with van der Waals surface area (Å²) in [4.78, 5) is 29.7. The molecule has 4 rings (SSSR count). The average molecular weight is 466 g/mol. The second-order valence-corrected chi connectivity index (χ2v) is 9.00. The van der Waals surface area contributed by atoms with Gasteiger partial charge in [0.2, 0.25) is 5.91 Å². The van der Waals surface area contributed by atoms with Crippen LogP contribution in [0.3, 0.4) is 0 Å². The molecule has 1 saturated carbocycles. The van der Waals surface area contributed by atoms with E-state index in [0.717, 1.165) is 13.0 Å². The average Bonchev–Trinajstić information content (AvgIpc) is 2.85. The predicted octanol–water partition coefficient (Wildman–Crippen LogP) is 4.36. The van der Waals surface area contributed by atoms with Crippen molar-refractivity contribution in [2.45, 2.75) is 44.6 Å². The minimum absolute atomic E-state index is 0.0474. The zero-order valence-corrected chi connectivity index (χ0v) is 19.6. The number of hydrogen-bond acceptors (Lipinski definition) is 4. The molecule has 1 aliphatic carbocycles. The fraction of sp³-hybridized carbons (Fsp3) is 0.407. The van der Waals surface area contributed by atoms with Crippen LogP contribution < -0.4 is 15.0 Å². The lowest BCUT2D eigenvalue weighted by Gasteiger charge is -2.31. The summed E-state index contributed by atoms with van der Waals surface area (Å²) in [6.07, 6.45) is 8.81. The van der Waals surface area contributed by atoms with E-state index in [-0.39, 0.29) is 18.2 Å². The molecule has 6 nitrogen and oxygen atoms in total. The van der Waals surface area contributed by atoms with Gasteiger partial charge >= 0.3 is 0 Å². The van der Waals surface area contributed by atoms with Gasteiger partial charge in [-0.25, -0.2) is 4.39 Å². The number of carbonyl (C=O) groups excluding carboxylic acids is 2. The second kappa shape index (κ2) is 11.3. The van der Waals surface area contributed by atoms with Crippen molar-refractivity contribution in [3.8, 4) is 5.75 Å². The molecular formula is C27H32FN3O3. The first kappa shape index (κ1) is 24.0. The summed E-state index contributed by atoms with van der Waals surface area (Å²) in [5, 5.41) is 2.94. The number of hydrogen-bond donors (Lipinski definition) is 1. The molecule has 2 aromatic carbocycles. The number of anilines is 1. The van der Waals surface area contributed by atoms with Crippen LogP contribution in [0.15, 0.2) is 54.3 Å². The maximum absolute atomic E-state index is 13.6. The molecular weight excluding hydrogens is 433 g/mol. The first-order valence-electron chi connectivity index (χ1n) is 12.0. The van der Waals surface area contributed by atoms with Gasteiger partial charge in [0, 0.05) is 12.6 Å². The van der Waals surface area contributed by atoms with Crippen LogP contribution in [0, 0.1) is 5.82 Å². The molecule has 7 heteroatoms. The molecule has 0 spiro atoms. The van der Waals surface area contributed by atoms with Crippen LogP contribution in [0.25, 0.3) is 6.08 Å². The number of halogens is 1. The van der Waals surface area contributed by atoms with Crippen LogP contribution in [0.1, 0.15) is 44.1 Å². The highest BCUT2D eigenvalue weighted by Crippen LogP contribution is 2.35. The monoisotopic (exact) mass is 465 g/mol. The molecule has 180 valence electrons. The Bertz CT molecular complexity index is 1050. The maximum Gasteiger partial charge on any atom is 0.294 e. The zero-order chi connectivity index (χ0) is 23.9. The Morgan fingerprint density at radius 3 is 2.76 bits per heavy atom. The van der Waals surface area contributed by atoms with E-state index in [1.807, 2.05) is 0 Å². The Morgan fingerprint density at radius 1 is 1.18 bits per heavy atom. The van der Waals surface area contributed by atoms with Gasteiger partial charge in [0.15, 0.2) is 11.5 Å². The summed E-state index contributed by atoms with van der Waals surface area (Å²) in [7, 11) is 2.16. The standard InChI is InChI=1S/C27H32FN3O3/c1-30(22-11-3-2-4-12-22)16-8-15-29-26(32)19-31-23-13-5-6-14-24(23)34-25(27(31)33)18-20-9-7-10-21(28)17-20/h5-7,9-10,13-14,17-18,22H,2-4,8,11-12,15-16,19H2,1H3,(H,29,32)/b25-18+. The molecule has 1 heterocycles. The third-order valence-electron chi connectivity index (χ3n) is 6.49. The molecule has 1 aliphatic heterocycles. The summed E-state index contributed by atoms with van der Waals surface area (Å²) in [5.41, 5.74) is 1.05. The molecule has 1 fully saturated rings. The zero-order valence-electron chi connectivity index (χ0n) is 19.6. The molecule has 2 amide bonds. The van der Waals surface area contributed by atoms with E-state index >= 15 is 0 Å². The minimum atomic E-state index is -0.435.